The van der Waals surface area contributed by atoms with Gasteiger partial charge in [0, 0.05) is 56.0 Å². The summed E-state index contributed by atoms with van der Waals surface area (Å²) in [7, 11) is 0. The minimum atomic E-state index is -0.884. The first-order valence-corrected chi connectivity index (χ1v) is 18.7. The zero-order chi connectivity index (χ0) is 37.2. The third-order valence-electron chi connectivity index (χ3n) is 10.3. The van der Waals surface area contributed by atoms with Crippen molar-refractivity contribution < 1.29 is 34.5 Å². The number of amides is 2. The lowest BCUT2D eigenvalue weighted by atomic mass is 9.84. The van der Waals surface area contributed by atoms with Gasteiger partial charge in [-0.05, 0) is 71.2 Å². The third kappa shape index (κ3) is 10.3. The number of carbonyl (C=O) groups is 2. The van der Waals surface area contributed by atoms with Gasteiger partial charge in [-0.15, -0.1) is 0 Å². The first-order chi connectivity index (χ1) is 25.7. The smallest absolute Gasteiger partial charge is 0.243 e. The van der Waals surface area contributed by atoms with Crippen molar-refractivity contribution in [2.45, 2.75) is 82.2 Å². The summed E-state index contributed by atoms with van der Waals surface area (Å²) in [5, 5.41) is 33.3. The number of carbonyl (C=O) groups excluding carboxylic acids is 2. The maximum Gasteiger partial charge on any atom is 0.243 e. The zero-order valence-electron chi connectivity index (χ0n) is 29.8. The molecule has 2 aliphatic rings. The molecule has 53 heavy (non-hydrogen) atoms. The summed E-state index contributed by atoms with van der Waals surface area (Å²) >= 11 is 6.09. The Labute approximate surface area is 315 Å². The standard InChI is InChI=1S/C42H48ClN3O7/c43-35-19-17-34(18-20-35)42(50)21-23-46(24-22-42)27-36-25-38(31-11-9-29(28-47)10-12-31)53-41(52-36)32-15-13-30(14-16-32)37-6-2-1-5-33(37)26-44-39(48)7-3-4-8-40(49)45-51/h1-2,5-6,9-20,36,38,41,47,50-51H,3-4,7-8,21-28H2,(H,44,48)(H,45,49)/t36-,38+,41+/m0/s1. The molecule has 0 unspecified atom stereocenters. The van der Waals surface area contributed by atoms with Gasteiger partial charge in [0.05, 0.1) is 24.4 Å². The normalized spacial score (nSPS) is 20.1. The second-order valence-corrected chi connectivity index (χ2v) is 14.4. The van der Waals surface area contributed by atoms with Crippen LogP contribution in [0.1, 0.15) is 85.2 Å². The largest absolute Gasteiger partial charge is 0.392 e. The number of hydrogen-bond donors (Lipinski definition) is 5. The topological polar surface area (TPSA) is 141 Å². The summed E-state index contributed by atoms with van der Waals surface area (Å²) in [5.41, 5.74) is 7.37. The van der Waals surface area contributed by atoms with Crippen molar-refractivity contribution in [3.63, 3.8) is 0 Å². The van der Waals surface area contributed by atoms with Crippen LogP contribution in [-0.2, 0) is 37.8 Å². The molecule has 0 aromatic heterocycles. The Hall–Kier alpha value is -4.13. The molecule has 280 valence electrons. The van der Waals surface area contributed by atoms with Gasteiger partial charge in [-0.1, -0.05) is 96.5 Å². The summed E-state index contributed by atoms with van der Waals surface area (Å²) in [6.45, 7) is 2.52. The van der Waals surface area contributed by atoms with Gasteiger partial charge in [-0.2, -0.15) is 0 Å². The van der Waals surface area contributed by atoms with E-state index in [2.05, 4.69) is 10.2 Å². The van der Waals surface area contributed by atoms with Crippen molar-refractivity contribution in [1.82, 2.24) is 15.7 Å². The molecule has 5 N–H and O–H groups in total. The quantitative estimate of drug-likeness (QED) is 0.0546. The molecule has 0 aliphatic carbocycles. The third-order valence-corrected chi connectivity index (χ3v) is 10.6. The monoisotopic (exact) mass is 741 g/mol. The maximum absolute atomic E-state index is 12.5. The van der Waals surface area contributed by atoms with Crippen molar-refractivity contribution in [1.29, 1.82) is 0 Å². The lowest BCUT2D eigenvalue weighted by Crippen LogP contribution is -2.46. The van der Waals surface area contributed by atoms with Crippen LogP contribution in [0.5, 0.6) is 0 Å². The average Bonchev–Trinajstić information content (AvgIpc) is 3.20. The molecule has 6 rings (SSSR count). The van der Waals surface area contributed by atoms with Gasteiger partial charge in [0.25, 0.3) is 0 Å². The number of halogens is 1. The van der Waals surface area contributed by atoms with Gasteiger partial charge in [-0.25, -0.2) is 5.48 Å². The van der Waals surface area contributed by atoms with Crippen LogP contribution in [0.25, 0.3) is 11.1 Å². The lowest BCUT2D eigenvalue weighted by Gasteiger charge is -2.42. The second kappa shape index (κ2) is 18.3. The van der Waals surface area contributed by atoms with Crippen LogP contribution < -0.4 is 10.8 Å². The molecule has 0 saturated carbocycles. The Morgan fingerprint density at radius 1 is 0.830 bits per heavy atom. The molecule has 3 atom stereocenters. The number of ether oxygens (including phenoxy) is 2. The Bertz CT molecular complexity index is 1800. The van der Waals surface area contributed by atoms with E-state index in [4.69, 9.17) is 26.3 Å². The molecular formula is C42H48ClN3O7. The van der Waals surface area contributed by atoms with E-state index in [0.717, 1.165) is 52.0 Å². The van der Waals surface area contributed by atoms with E-state index in [1.54, 1.807) is 5.48 Å². The number of aliphatic hydroxyl groups is 2. The number of aliphatic hydroxyl groups excluding tert-OH is 1. The molecule has 2 aliphatic heterocycles. The van der Waals surface area contributed by atoms with E-state index in [0.29, 0.717) is 56.6 Å². The molecule has 4 aromatic rings. The number of benzene rings is 4. The minimum Gasteiger partial charge on any atom is -0.392 e. The summed E-state index contributed by atoms with van der Waals surface area (Å²) in [4.78, 5) is 26.1. The lowest BCUT2D eigenvalue weighted by molar-refractivity contribution is -0.253. The number of hydroxylamine groups is 1. The molecule has 2 heterocycles. The summed E-state index contributed by atoms with van der Waals surface area (Å²) < 4.78 is 13.3. The highest BCUT2D eigenvalue weighted by Crippen LogP contribution is 2.40. The summed E-state index contributed by atoms with van der Waals surface area (Å²) in [6.07, 6.45) is 2.52. The average molecular weight is 742 g/mol. The van der Waals surface area contributed by atoms with Crippen molar-refractivity contribution in [3.05, 3.63) is 130 Å². The first-order valence-electron chi connectivity index (χ1n) is 18.3. The van der Waals surface area contributed by atoms with E-state index in [9.17, 15) is 19.8 Å². The van der Waals surface area contributed by atoms with Crippen LogP contribution in [0, 0.1) is 0 Å². The van der Waals surface area contributed by atoms with Crippen molar-refractivity contribution in [3.8, 4) is 11.1 Å². The van der Waals surface area contributed by atoms with Crippen molar-refractivity contribution >= 4 is 23.4 Å². The fourth-order valence-electron chi connectivity index (χ4n) is 7.16. The number of rotatable bonds is 14. The maximum atomic E-state index is 12.5. The molecular weight excluding hydrogens is 694 g/mol. The Kier molecular flexibility index (Phi) is 13.3. The number of nitrogens with zero attached hydrogens (tertiary/aromatic N) is 1. The number of piperidine rings is 1. The van der Waals surface area contributed by atoms with E-state index in [1.807, 2.05) is 97.1 Å². The molecule has 0 radical (unpaired) electrons. The van der Waals surface area contributed by atoms with Crippen LogP contribution in [0.15, 0.2) is 97.1 Å². The second-order valence-electron chi connectivity index (χ2n) is 14.0. The molecule has 2 fully saturated rings. The molecule has 10 nitrogen and oxygen atoms in total. The highest BCUT2D eigenvalue weighted by molar-refractivity contribution is 6.30. The molecule has 4 aromatic carbocycles. The first kappa shape index (κ1) is 38.6. The zero-order valence-corrected chi connectivity index (χ0v) is 30.5. The number of unbranched alkanes of at least 4 members (excludes halogenated alkanes) is 1. The number of likely N-dealkylation sites (tertiary alicyclic amines) is 1. The summed E-state index contributed by atoms with van der Waals surface area (Å²) in [5.74, 6) is -0.550. The predicted molar refractivity (Wildman–Crippen MR) is 202 cm³/mol. The SMILES string of the molecule is O=C(CCCCC(=O)NCc1ccccc1-c1ccc([C@@H]2O[C@H](CN3CCC(O)(c4ccc(Cl)cc4)CC3)C[C@H](c3ccc(CO)cc3)O2)cc1)NO. The van der Waals surface area contributed by atoms with Crippen molar-refractivity contribution in [2.24, 2.45) is 0 Å². The van der Waals surface area contributed by atoms with Gasteiger partial charge in [0.1, 0.15) is 0 Å². The van der Waals surface area contributed by atoms with Crippen LogP contribution in [0.2, 0.25) is 5.02 Å². The van der Waals surface area contributed by atoms with Crippen LogP contribution >= 0.6 is 11.6 Å². The Balaban J connectivity index is 1.12. The van der Waals surface area contributed by atoms with E-state index in [-0.39, 0.29) is 31.1 Å². The molecule has 0 bridgehead atoms. The fourth-order valence-corrected chi connectivity index (χ4v) is 7.29. The van der Waals surface area contributed by atoms with E-state index in [1.165, 1.54) is 0 Å². The van der Waals surface area contributed by atoms with Crippen LogP contribution in [0.4, 0.5) is 0 Å². The van der Waals surface area contributed by atoms with Gasteiger partial charge in [0.2, 0.25) is 11.8 Å². The molecule has 2 amide bonds. The van der Waals surface area contributed by atoms with Gasteiger partial charge in [-0.3, -0.25) is 14.8 Å². The van der Waals surface area contributed by atoms with E-state index < -0.39 is 17.8 Å². The molecule has 0 spiro atoms. The highest BCUT2D eigenvalue weighted by Gasteiger charge is 2.37. The fraction of sp³-hybridized carbons (Fsp3) is 0.381. The van der Waals surface area contributed by atoms with Crippen molar-refractivity contribution in [2.75, 3.05) is 19.6 Å². The van der Waals surface area contributed by atoms with Crippen LogP contribution in [-0.4, -0.2) is 57.9 Å². The van der Waals surface area contributed by atoms with Gasteiger partial charge >= 0.3 is 0 Å². The molecule has 11 heteroatoms. The van der Waals surface area contributed by atoms with Crippen LogP contribution in [0.3, 0.4) is 0 Å². The summed E-state index contributed by atoms with van der Waals surface area (Å²) in [6, 6.07) is 31.4. The molecule has 2 saturated heterocycles. The number of hydrogen-bond acceptors (Lipinski definition) is 8. The van der Waals surface area contributed by atoms with Gasteiger partial charge < -0.3 is 29.9 Å². The Morgan fingerprint density at radius 2 is 1.49 bits per heavy atom. The van der Waals surface area contributed by atoms with E-state index >= 15 is 0 Å². The predicted octanol–water partition coefficient (Wildman–Crippen LogP) is 6.71. The number of nitrogens with one attached hydrogen (secondary N) is 2. The Morgan fingerprint density at radius 3 is 2.17 bits per heavy atom. The van der Waals surface area contributed by atoms with Gasteiger partial charge in [0.15, 0.2) is 6.29 Å². The minimum absolute atomic E-state index is 0.0211. The highest BCUT2D eigenvalue weighted by atomic mass is 35.5.